The smallest absolute Gasteiger partial charge is 0.432 e. The van der Waals surface area contributed by atoms with Gasteiger partial charge in [0.15, 0.2) is 11.6 Å². The van der Waals surface area contributed by atoms with E-state index in [0.717, 1.165) is 44.8 Å². The van der Waals surface area contributed by atoms with Crippen LogP contribution >= 0.6 is 7.87 Å². The molecule has 2 aliphatic rings. The first kappa shape index (κ1) is 28.7. The van der Waals surface area contributed by atoms with Crippen LogP contribution in [0.4, 0.5) is 11.4 Å². The molecule has 1 saturated carbocycles. The first-order valence-electron chi connectivity index (χ1n) is 13.1. The lowest BCUT2D eigenvalue weighted by Crippen LogP contribution is -2.28. The fourth-order valence-corrected chi connectivity index (χ4v) is 7.57. The molecule has 0 radical (unpaired) electrons. The minimum absolute atomic E-state index is 0.0222. The van der Waals surface area contributed by atoms with Crippen LogP contribution in [-0.4, -0.2) is 46.8 Å². The maximum atomic E-state index is 11.8. The van der Waals surface area contributed by atoms with Gasteiger partial charge in [-0.15, -0.1) is 0 Å². The molecular weight excluding hydrogens is 527 g/mol. The van der Waals surface area contributed by atoms with E-state index in [4.69, 9.17) is 4.52 Å². The van der Waals surface area contributed by atoms with Crippen molar-refractivity contribution in [1.82, 2.24) is 4.57 Å². The van der Waals surface area contributed by atoms with Crippen LogP contribution in [0.1, 0.15) is 83.4 Å². The summed E-state index contributed by atoms with van der Waals surface area (Å²) in [6.07, 6.45) is 6.99. The molecular formula is C26H40N4O6PS+. The van der Waals surface area contributed by atoms with Gasteiger partial charge in [-0.05, 0) is 48.5 Å². The van der Waals surface area contributed by atoms with Crippen molar-refractivity contribution in [3.63, 3.8) is 0 Å². The Hall–Kier alpha value is -2.33. The first-order valence-corrected chi connectivity index (χ1v) is 16.6. The van der Waals surface area contributed by atoms with Gasteiger partial charge in [0.1, 0.15) is 5.56 Å². The van der Waals surface area contributed by atoms with Gasteiger partial charge in [-0.1, -0.05) is 40.0 Å². The lowest BCUT2D eigenvalue weighted by atomic mass is 9.86. The molecule has 38 heavy (non-hydrogen) atoms. The molecule has 12 heteroatoms. The number of aromatic hydroxyl groups is 2. The predicted molar refractivity (Wildman–Crippen MR) is 153 cm³/mol. The van der Waals surface area contributed by atoms with Crippen LogP contribution in [-0.2, 0) is 21.1 Å². The predicted octanol–water partition coefficient (Wildman–Crippen LogP) is 5.04. The minimum Gasteiger partial charge on any atom is -0.505 e. The lowest BCUT2D eigenvalue weighted by Gasteiger charge is -2.25. The molecule has 1 unspecified atom stereocenters. The van der Waals surface area contributed by atoms with Crippen LogP contribution in [0.5, 0.6) is 11.6 Å². The highest BCUT2D eigenvalue weighted by Crippen LogP contribution is 2.60. The molecule has 0 saturated heterocycles. The van der Waals surface area contributed by atoms with Crippen molar-refractivity contribution in [3.05, 3.63) is 29.5 Å². The number of nitrogens with one attached hydrogen (secondary N) is 2. The zero-order valence-electron chi connectivity index (χ0n) is 22.8. The zero-order chi connectivity index (χ0) is 27.9. The van der Waals surface area contributed by atoms with Crippen molar-refractivity contribution in [2.75, 3.05) is 22.9 Å². The SMILES string of the molecule is CCO[P+]1(O)N=C(c2c(O)c(C3CCCCC3)n(CCC(C)(C)C)c2O)Nc2ccc(NS(C)(=O)=O)cc21. The molecule has 1 atom stereocenters. The topological polar surface area (TPSA) is 145 Å². The van der Waals surface area contributed by atoms with Crippen molar-refractivity contribution in [2.45, 2.75) is 78.7 Å². The average molecular weight is 568 g/mol. The van der Waals surface area contributed by atoms with Gasteiger partial charge in [0.05, 0.1) is 29.9 Å². The maximum absolute atomic E-state index is 11.8. The van der Waals surface area contributed by atoms with E-state index < -0.39 is 17.9 Å². The van der Waals surface area contributed by atoms with Crippen LogP contribution in [0.2, 0.25) is 0 Å². The maximum Gasteiger partial charge on any atom is 0.432 e. The summed E-state index contributed by atoms with van der Waals surface area (Å²) >= 11 is 0. The lowest BCUT2D eigenvalue weighted by molar-refractivity contribution is 0.318. The van der Waals surface area contributed by atoms with Gasteiger partial charge in [-0.2, -0.15) is 9.42 Å². The minimum atomic E-state index is -3.63. The summed E-state index contributed by atoms with van der Waals surface area (Å²) in [7, 11) is -7.16. The van der Waals surface area contributed by atoms with E-state index in [0.29, 0.717) is 23.2 Å². The number of hydrogen-bond donors (Lipinski definition) is 5. The Bertz CT molecular complexity index is 1330. The van der Waals surface area contributed by atoms with Gasteiger partial charge < -0.3 is 20.1 Å². The van der Waals surface area contributed by atoms with Crippen LogP contribution in [0, 0.1) is 5.41 Å². The van der Waals surface area contributed by atoms with E-state index in [1.165, 1.54) is 6.07 Å². The number of anilines is 2. The van der Waals surface area contributed by atoms with Crippen LogP contribution in [0.25, 0.3) is 0 Å². The second-order valence-corrected chi connectivity index (χ2v) is 15.1. The highest BCUT2D eigenvalue weighted by molar-refractivity contribution is 7.92. The van der Waals surface area contributed by atoms with Gasteiger partial charge in [-0.3, -0.25) is 4.72 Å². The van der Waals surface area contributed by atoms with Crippen molar-refractivity contribution < 1.29 is 28.0 Å². The van der Waals surface area contributed by atoms with E-state index in [9.17, 15) is 23.5 Å². The standard InChI is InChI=1S/C26H39N4O6PS/c1-6-36-37(33)20-16-18(29-38(5,34)35)12-13-19(20)27-24(28-37)21-23(31)22(17-10-8-7-9-11-17)30(25(21)32)15-14-26(2,3)4/h12-13,16-17,29,33H,6-11,14-15H2,1-5H3,(H2-,27,28,31,32)/p+1. The van der Waals surface area contributed by atoms with Gasteiger partial charge in [0, 0.05) is 18.5 Å². The van der Waals surface area contributed by atoms with E-state index in [2.05, 4.69) is 35.6 Å². The average Bonchev–Trinajstić information content (AvgIpc) is 3.06. The summed E-state index contributed by atoms with van der Waals surface area (Å²) in [5.74, 6) is 0.106. The quantitative estimate of drug-likeness (QED) is 0.281. The zero-order valence-corrected chi connectivity index (χ0v) is 24.5. The number of benzene rings is 1. The molecule has 1 aliphatic heterocycles. The number of rotatable bonds is 8. The molecule has 10 nitrogen and oxygen atoms in total. The van der Waals surface area contributed by atoms with Crippen LogP contribution in [0.15, 0.2) is 23.0 Å². The molecule has 5 N–H and O–H groups in total. The number of sulfonamides is 1. The molecule has 1 fully saturated rings. The first-order chi connectivity index (χ1) is 17.7. The molecule has 1 aromatic heterocycles. The van der Waals surface area contributed by atoms with Crippen LogP contribution < -0.4 is 15.3 Å². The third-order valence-electron chi connectivity index (χ3n) is 6.98. The third kappa shape index (κ3) is 6.11. The molecule has 1 aromatic carbocycles. The Balaban J connectivity index is 1.83. The molecule has 0 spiro atoms. The van der Waals surface area contributed by atoms with E-state index in [1.54, 1.807) is 19.1 Å². The molecule has 2 heterocycles. The van der Waals surface area contributed by atoms with E-state index in [-0.39, 0.29) is 46.7 Å². The second kappa shape index (κ2) is 10.7. The van der Waals surface area contributed by atoms with Gasteiger partial charge in [0.25, 0.3) is 0 Å². The largest absolute Gasteiger partial charge is 0.505 e. The highest BCUT2D eigenvalue weighted by atomic mass is 32.2. The summed E-state index contributed by atoms with van der Waals surface area (Å²) in [6, 6.07) is 4.68. The Morgan fingerprint density at radius 1 is 1.21 bits per heavy atom. The van der Waals surface area contributed by atoms with Crippen LogP contribution in [0.3, 0.4) is 0 Å². The summed E-state index contributed by atoms with van der Waals surface area (Å²) in [5, 5.41) is 26.5. The molecule has 0 bridgehead atoms. The Morgan fingerprint density at radius 2 is 1.89 bits per heavy atom. The fourth-order valence-electron chi connectivity index (χ4n) is 5.18. The van der Waals surface area contributed by atoms with Gasteiger partial charge in [0.2, 0.25) is 21.2 Å². The van der Waals surface area contributed by atoms with Gasteiger partial charge >= 0.3 is 7.87 Å². The Labute approximate surface area is 225 Å². The summed E-state index contributed by atoms with van der Waals surface area (Å²) in [5.41, 5.74) is 1.60. The molecule has 1 aliphatic carbocycles. The van der Waals surface area contributed by atoms with Gasteiger partial charge in [-0.25, -0.2) is 8.42 Å². The fraction of sp³-hybridized carbons (Fsp3) is 0.577. The monoisotopic (exact) mass is 567 g/mol. The van der Waals surface area contributed by atoms with Crippen molar-refractivity contribution in [3.8, 4) is 11.6 Å². The van der Waals surface area contributed by atoms with Crippen molar-refractivity contribution in [2.24, 2.45) is 10.2 Å². The Kier molecular flexibility index (Phi) is 8.06. The summed E-state index contributed by atoms with van der Waals surface area (Å²) in [6.45, 7) is 8.83. The molecule has 210 valence electrons. The third-order valence-corrected chi connectivity index (χ3v) is 9.67. The van der Waals surface area contributed by atoms with Crippen molar-refractivity contribution >= 4 is 40.4 Å². The molecule has 0 amide bonds. The summed E-state index contributed by atoms with van der Waals surface area (Å²) < 4.78 is 38.0. The highest BCUT2D eigenvalue weighted by Gasteiger charge is 2.49. The number of fused-ring (bicyclic) bond motifs is 1. The second-order valence-electron chi connectivity index (χ2n) is 11.4. The van der Waals surface area contributed by atoms with E-state index >= 15 is 0 Å². The number of nitrogens with zero attached hydrogens (tertiary/aromatic N) is 2. The number of amidine groups is 1. The summed E-state index contributed by atoms with van der Waals surface area (Å²) in [4.78, 5) is 11.6. The normalized spacial score (nSPS) is 20.5. The number of aromatic nitrogens is 1. The molecule has 2 aromatic rings. The van der Waals surface area contributed by atoms with E-state index in [1.807, 2.05) is 4.57 Å². The molecule has 4 rings (SSSR count). The van der Waals surface area contributed by atoms with Crippen molar-refractivity contribution in [1.29, 1.82) is 0 Å². The number of hydrogen-bond acceptors (Lipinski definition) is 8. The Morgan fingerprint density at radius 3 is 2.50 bits per heavy atom.